The molecule has 1 amide bonds. The summed E-state index contributed by atoms with van der Waals surface area (Å²) in [5, 5.41) is 9.41. The molecule has 4 heteroatoms. The van der Waals surface area contributed by atoms with Gasteiger partial charge in [-0.05, 0) is 39.5 Å². The van der Waals surface area contributed by atoms with Gasteiger partial charge in [-0.25, -0.2) is 4.79 Å². The van der Waals surface area contributed by atoms with E-state index in [4.69, 9.17) is 4.74 Å². The molecule has 1 rings (SSSR count). The molecule has 0 radical (unpaired) electrons. The van der Waals surface area contributed by atoms with E-state index in [0.29, 0.717) is 19.0 Å². The molecular formula is C11H21NO3. The molecule has 1 heterocycles. The van der Waals surface area contributed by atoms with Crippen molar-refractivity contribution in [3.63, 3.8) is 0 Å². The lowest BCUT2D eigenvalue weighted by molar-refractivity contribution is 0.0436. The highest BCUT2D eigenvalue weighted by Crippen LogP contribution is 2.21. The molecule has 4 nitrogen and oxygen atoms in total. The molecule has 1 saturated heterocycles. The van der Waals surface area contributed by atoms with Crippen molar-refractivity contribution < 1.29 is 14.6 Å². The monoisotopic (exact) mass is 215 g/mol. The molecule has 1 aliphatic heterocycles. The topological polar surface area (TPSA) is 49.8 Å². The molecule has 0 unspecified atom stereocenters. The standard InChI is InChI=1S/C11H21NO3/c1-8(2)15-11(14)12-6-4-10(5-7-12)9(3)13/h8-10,13H,4-7H2,1-3H3/t9-/m1/s1. The van der Waals surface area contributed by atoms with Gasteiger partial charge in [0.1, 0.15) is 0 Å². The smallest absolute Gasteiger partial charge is 0.410 e. The summed E-state index contributed by atoms with van der Waals surface area (Å²) in [4.78, 5) is 13.2. The fourth-order valence-corrected chi connectivity index (χ4v) is 1.84. The number of hydrogen-bond donors (Lipinski definition) is 1. The van der Waals surface area contributed by atoms with Crippen LogP contribution in [0.3, 0.4) is 0 Å². The number of aliphatic hydroxyl groups is 1. The van der Waals surface area contributed by atoms with Gasteiger partial charge in [0.25, 0.3) is 0 Å². The van der Waals surface area contributed by atoms with Crippen molar-refractivity contribution >= 4 is 6.09 Å². The van der Waals surface area contributed by atoms with Crippen LogP contribution in [-0.4, -0.2) is 41.4 Å². The third-order valence-corrected chi connectivity index (χ3v) is 2.82. The molecule has 0 bridgehead atoms. The zero-order valence-electron chi connectivity index (χ0n) is 9.77. The Bertz CT molecular complexity index is 208. The first kappa shape index (κ1) is 12.3. The number of rotatable bonds is 2. The molecule has 1 atom stereocenters. The van der Waals surface area contributed by atoms with Gasteiger partial charge in [-0.3, -0.25) is 0 Å². The number of aliphatic hydroxyl groups excluding tert-OH is 1. The van der Waals surface area contributed by atoms with Crippen molar-refractivity contribution in [2.24, 2.45) is 5.92 Å². The second-order valence-corrected chi connectivity index (χ2v) is 4.50. The highest BCUT2D eigenvalue weighted by Gasteiger charge is 2.26. The highest BCUT2D eigenvalue weighted by atomic mass is 16.6. The Morgan fingerprint density at radius 2 is 1.87 bits per heavy atom. The zero-order valence-corrected chi connectivity index (χ0v) is 9.77. The normalized spacial score (nSPS) is 20.5. The molecule has 1 aliphatic rings. The Morgan fingerprint density at radius 1 is 1.33 bits per heavy atom. The molecule has 1 N–H and O–H groups in total. The van der Waals surface area contributed by atoms with Crippen molar-refractivity contribution in [2.75, 3.05) is 13.1 Å². The van der Waals surface area contributed by atoms with Crippen LogP contribution in [0.5, 0.6) is 0 Å². The Hall–Kier alpha value is -0.770. The van der Waals surface area contributed by atoms with Crippen LogP contribution in [0.15, 0.2) is 0 Å². The molecule has 15 heavy (non-hydrogen) atoms. The van der Waals surface area contributed by atoms with Crippen molar-refractivity contribution in [1.82, 2.24) is 4.90 Å². The average molecular weight is 215 g/mol. The van der Waals surface area contributed by atoms with Crippen LogP contribution in [0.25, 0.3) is 0 Å². The van der Waals surface area contributed by atoms with E-state index in [1.54, 1.807) is 4.90 Å². The van der Waals surface area contributed by atoms with Crippen molar-refractivity contribution in [2.45, 2.75) is 45.8 Å². The Kier molecular flexibility index (Phi) is 4.39. The SMILES string of the molecule is CC(C)OC(=O)N1CCC([C@@H](C)O)CC1. The van der Waals surface area contributed by atoms with E-state index in [9.17, 15) is 9.90 Å². The molecule has 0 spiro atoms. The fourth-order valence-electron chi connectivity index (χ4n) is 1.84. The van der Waals surface area contributed by atoms with Gasteiger partial charge in [0.05, 0.1) is 12.2 Å². The third kappa shape index (κ3) is 3.70. The third-order valence-electron chi connectivity index (χ3n) is 2.82. The molecule has 0 aromatic rings. The van der Waals surface area contributed by atoms with Gasteiger partial charge in [0.15, 0.2) is 0 Å². The molecule has 0 saturated carbocycles. The van der Waals surface area contributed by atoms with Crippen LogP contribution >= 0.6 is 0 Å². The number of likely N-dealkylation sites (tertiary alicyclic amines) is 1. The second kappa shape index (κ2) is 5.35. The van der Waals surface area contributed by atoms with E-state index in [2.05, 4.69) is 0 Å². The van der Waals surface area contributed by atoms with Gasteiger partial charge in [-0.1, -0.05) is 0 Å². The number of piperidine rings is 1. The van der Waals surface area contributed by atoms with Gasteiger partial charge in [0.2, 0.25) is 0 Å². The van der Waals surface area contributed by atoms with Crippen LogP contribution in [0, 0.1) is 5.92 Å². The predicted octanol–water partition coefficient (Wildman–Crippen LogP) is 1.62. The summed E-state index contributed by atoms with van der Waals surface area (Å²) in [5.74, 6) is 0.327. The van der Waals surface area contributed by atoms with Gasteiger partial charge < -0.3 is 14.7 Å². The summed E-state index contributed by atoms with van der Waals surface area (Å²) < 4.78 is 5.11. The molecule has 1 fully saturated rings. The molecule has 88 valence electrons. The Balaban J connectivity index is 2.34. The van der Waals surface area contributed by atoms with E-state index in [1.807, 2.05) is 20.8 Å². The lowest BCUT2D eigenvalue weighted by Gasteiger charge is -2.32. The predicted molar refractivity (Wildman–Crippen MR) is 57.6 cm³/mol. The second-order valence-electron chi connectivity index (χ2n) is 4.50. The van der Waals surface area contributed by atoms with Gasteiger partial charge in [-0.15, -0.1) is 0 Å². The van der Waals surface area contributed by atoms with Crippen LogP contribution in [-0.2, 0) is 4.74 Å². The van der Waals surface area contributed by atoms with E-state index in [1.165, 1.54) is 0 Å². The maximum absolute atomic E-state index is 11.5. The largest absolute Gasteiger partial charge is 0.447 e. The Labute approximate surface area is 91.2 Å². The lowest BCUT2D eigenvalue weighted by atomic mass is 9.92. The van der Waals surface area contributed by atoms with Gasteiger partial charge in [0, 0.05) is 13.1 Å². The minimum Gasteiger partial charge on any atom is -0.447 e. The van der Waals surface area contributed by atoms with Gasteiger partial charge >= 0.3 is 6.09 Å². The van der Waals surface area contributed by atoms with Crippen LogP contribution in [0.4, 0.5) is 4.79 Å². The fraction of sp³-hybridized carbons (Fsp3) is 0.909. The van der Waals surface area contributed by atoms with Gasteiger partial charge in [-0.2, -0.15) is 0 Å². The minimum absolute atomic E-state index is 0.0630. The number of carbonyl (C=O) groups excluding carboxylic acids is 1. The van der Waals surface area contributed by atoms with Crippen molar-refractivity contribution in [1.29, 1.82) is 0 Å². The van der Waals surface area contributed by atoms with Crippen molar-refractivity contribution in [3.8, 4) is 0 Å². The lowest BCUT2D eigenvalue weighted by Crippen LogP contribution is -2.41. The quantitative estimate of drug-likeness (QED) is 0.761. The summed E-state index contributed by atoms with van der Waals surface area (Å²) in [5.41, 5.74) is 0. The van der Waals surface area contributed by atoms with Crippen LogP contribution in [0.1, 0.15) is 33.6 Å². The number of nitrogens with zero attached hydrogens (tertiary/aromatic N) is 1. The number of carbonyl (C=O) groups is 1. The maximum Gasteiger partial charge on any atom is 0.410 e. The van der Waals surface area contributed by atoms with E-state index in [0.717, 1.165) is 12.8 Å². The molecular weight excluding hydrogens is 194 g/mol. The maximum atomic E-state index is 11.5. The summed E-state index contributed by atoms with van der Waals surface area (Å²) in [6.07, 6.45) is 1.17. The first-order valence-electron chi connectivity index (χ1n) is 5.64. The van der Waals surface area contributed by atoms with E-state index in [-0.39, 0.29) is 18.3 Å². The van der Waals surface area contributed by atoms with Crippen LogP contribution in [0.2, 0.25) is 0 Å². The van der Waals surface area contributed by atoms with Crippen molar-refractivity contribution in [3.05, 3.63) is 0 Å². The summed E-state index contributed by atoms with van der Waals surface area (Å²) >= 11 is 0. The average Bonchev–Trinajstić information content (AvgIpc) is 2.17. The minimum atomic E-state index is -0.270. The first-order valence-corrected chi connectivity index (χ1v) is 5.64. The number of amides is 1. The van der Waals surface area contributed by atoms with E-state index >= 15 is 0 Å². The summed E-state index contributed by atoms with van der Waals surface area (Å²) in [6, 6.07) is 0. The molecule has 0 aromatic heterocycles. The number of ether oxygens (including phenoxy) is 1. The molecule has 0 aliphatic carbocycles. The van der Waals surface area contributed by atoms with Crippen LogP contribution < -0.4 is 0 Å². The summed E-state index contributed by atoms with van der Waals surface area (Å²) in [6.45, 7) is 6.90. The first-order chi connectivity index (χ1) is 7.00. The highest BCUT2D eigenvalue weighted by molar-refractivity contribution is 5.67. The zero-order chi connectivity index (χ0) is 11.4. The van der Waals surface area contributed by atoms with E-state index < -0.39 is 0 Å². The number of hydrogen-bond acceptors (Lipinski definition) is 3. The molecule has 0 aromatic carbocycles. The summed E-state index contributed by atoms with van der Waals surface area (Å²) in [7, 11) is 0. The Morgan fingerprint density at radius 3 is 2.27 bits per heavy atom.